The molecule has 0 aliphatic carbocycles. The van der Waals surface area contributed by atoms with Crippen LogP contribution in [0.2, 0.25) is 0 Å². The number of piperidine rings is 1. The molecule has 7 heteroatoms. The fourth-order valence-corrected chi connectivity index (χ4v) is 3.78. The van der Waals surface area contributed by atoms with Crippen LogP contribution >= 0.6 is 15.9 Å². The molecule has 1 aliphatic rings. The molecule has 1 aliphatic heterocycles. The van der Waals surface area contributed by atoms with Crippen molar-refractivity contribution in [2.75, 3.05) is 26.8 Å². The summed E-state index contributed by atoms with van der Waals surface area (Å²) in [6.07, 6.45) is 1.02. The maximum Gasteiger partial charge on any atom is 0.306 e. The second kappa shape index (κ2) is 9.88. The number of methoxy groups -OCH3 is 1. The molecule has 6 nitrogen and oxygen atoms in total. The Morgan fingerprint density at radius 2 is 1.81 bits per heavy atom. The largest absolute Gasteiger partial charge is 0.496 e. The molecule has 1 fully saturated rings. The van der Waals surface area contributed by atoms with Crippen molar-refractivity contribution in [3.05, 3.63) is 28.2 Å². The number of carbonyl (C=O) groups excluding carboxylic acids is 3. The molecule has 0 saturated carbocycles. The molecule has 2 unspecified atom stereocenters. The molecule has 1 aromatic carbocycles. The maximum absolute atomic E-state index is 12.4. The molecule has 1 heterocycles. The first-order valence-corrected chi connectivity index (χ1v) is 9.89. The van der Waals surface area contributed by atoms with Crippen molar-refractivity contribution in [3.63, 3.8) is 0 Å². The Morgan fingerprint density at radius 1 is 1.15 bits per heavy atom. The van der Waals surface area contributed by atoms with E-state index in [0.29, 0.717) is 36.2 Å². The highest BCUT2D eigenvalue weighted by Crippen LogP contribution is 2.25. The van der Waals surface area contributed by atoms with E-state index < -0.39 is 5.97 Å². The lowest BCUT2D eigenvalue weighted by Gasteiger charge is -2.34. The Balaban J connectivity index is 1.80. The van der Waals surface area contributed by atoms with E-state index in [1.165, 1.54) is 7.11 Å². The van der Waals surface area contributed by atoms with Gasteiger partial charge in [0.1, 0.15) is 5.75 Å². The zero-order chi connectivity index (χ0) is 20.0. The second-order valence-electron chi connectivity index (χ2n) is 7.17. The van der Waals surface area contributed by atoms with Gasteiger partial charge in [-0.1, -0.05) is 29.8 Å². The molecule has 0 bridgehead atoms. The predicted octanol–water partition coefficient (Wildman–Crippen LogP) is 3.47. The summed E-state index contributed by atoms with van der Waals surface area (Å²) < 4.78 is 11.0. The number of hydrogen-bond acceptors (Lipinski definition) is 5. The van der Waals surface area contributed by atoms with Gasteiger partial charge in [0.2, 0.25) is 0 Å². The minimum absolute atomic E-state index is 0.00236. The van der Waals surface area contributed by atoms with E-state index >= 15 is 0 Å². The summed E-state index contributed by atoms with van der Waals surface area (Å²) in [5, 5.41) is 0. The third-order valence-electron chi connectivity index (χ3n) is 4.60. The zero-order valence-electron chi connectivity index (χ0n) is 16.0. The highest BCUT2D eigenvalue weighted by atomic mass is 79.9. The fraction of sp³-hybridized carbons (Fsp3) is 0.550. The molecule has 1 amide bonds. The maximum atomic E-state index is 12.4. The van der Waals surface area contributed by atoms with Gasteiger partial charge in [-0.25, -0.2) is 0 Å². The monoisotopic (exact) mass is 439 g/mol. The van der Waals surface area contributed by atoms with E-state index in [-0.39, 0.29) is 31.1 Å². The Hall–Kier alpha value is -1.89. The standard InChI is InChI=1S/C20H26BrNO5/c1-13-8-14(2)11-22(10-13)19(24)12-27-20(25)7-5-17(23)16-9-15(21)4-6-18(16)26-3/h4,6,9,13-14H,5,7-8,10-12H2,1-3H3. The molecule has 0 N–H and O–H groups in total. The molecule has 0 aromatic heterocycles. The lowest BCUT2D eigenvalue weighted by molar-refractivity contribution is -0.153. The molecule has 2 atom stereocenters. The molecule has 0 radical (unpaired) electrons. The van der Waals surface area contributed by atoms with Gasteiger partial charge in [-0.15, -0.1) is 0 Å². The second-order valence-corrected chi connectivity index (χ2v) is 8.09. The van der Waals surface area contributed by atoms with Crippen molar-refractivity contribution in [1.29, 1.82) is 0 Å². The minimum Gasteiger partial charge on any atom is -0.496 e. The number of hydrogen-bond donors (Lipinski definition) is 0. The fourth-order valence-electron chi connectivity index (χ4n) is 3.42. The van der Waals surface area contributed by atoms with E-state index in [1.54, 1.807) is 23.1 Å². The molecule has 27 heavy (non-hydrogen) atoms. The van der Waals surface area contributed by atoms with Crippen molar-refractivity contribution in [2.45, 2.75) is 33.1 Å². The average Bonchev–Trinajstić information content (AvgIpc) is 2.63. The zero-order valence-corrected chi connectivity index (χ0v) is 17.6. The lowest BCUT2D eigenvalue weighted by Crippen LogP contribution is -2.44. The van der Waals surface area contributed by atoms with E-state index in [9.17, 15) is 14.4 Å². The summed E-state index contributed by atoms with van der Waals surface area (Å²) in [7, 11) is 1.49. The van der Waals surface area contributed by atoms with E-state index in [4.69, 9.17) is 9.47 Å². The molecule has 0 spiro atoms. The number of Topliss-reactive ketones (excluding diaryl/α,β-unsaturated/α-hetero) is 1. The van der Waals surface area contributed by atoms with Crippen molar-refractivity contribution in [1.82, 2.24) is 4.90 Å². The highest BCUT2D eigenvalue weighted by molar-refractivity contribution is 9.10. The van der Waals surface area contributed by atoms with Gasteiger partial charge < -0.3 is 14.4 Å². The normalized spacial score (nSPS) is 19.5. The van der Waals surface area contributed by atoms with Gasteiger partial charge in [-0.2, -0.15) is 0 Å². The van der Waals surface area contributed by atoms with Crippen molar-refractivity contribution < 1.29 is 23.9 Å². The summed E-state index contributed by atoms with van der Waals surface area (Å²) >= 11 is 3.32. The quantitative estimate of drug-likeness (QED) is 0.480. The number of ether oxygens (including phenoxy) is 2. The van der Waals surface area contributed by atoms with Crippen LogP contribution in [0.4, 0.5) is 0 Å². The number of esters is 1. The molecule has 148 valence electrons. The number of nitrogens with zero attached hydrogens (tertiary/aromatic N) is 1. The van der Waals surface area contributed by atoms with Crippen LogP contribution < -0.4 is 4.74 Å². The van der Waals surface area contributed by atoms with Crippen LogP contribution in [0, 0.1) is 11.8 Å². The number of ketones is 1. The summed E-state index contributed by atoms with van der Waals surface area (Å²) in [4.78, 5) is 38.3. The van der Waals surface area contributed by atoms with Gasteiger partial charge in [0, 0.05) is 24.0 Å². The van der Waals surface area contributed by atoms with E-state index in [2.05, 4.69) is 29.8 Å². The predicted molar refractivity (Wildman–Crippen MR) is 105 cm³/mol. The number of likely N-dealkylation sites (tertiary alicyclic amines) is 1. The van der Waals surface area contributed by atoms with Crippen molar-refractivity contribution in [3.8, 4) is 5.75 Å². The number of benzene rings is 1. The SMILES string of the molecule is COc1ccc(Br)cc1C(=O)CCC(=O)OCC(=O)N1CC(C)CC(C)C1. The number of halogens is 1. The Kier molecular flexibility index (Phi) is 7.83. The highest BCUT2D eigenvalue weighted by Gasteiger charge is 2.26. The van der Waals surface area contributed by atoms with E-state index in [1.807, 2.05) is 0 Å². The lowest BCUT2D eigenvalue weighted by atomic mass is 9.92. The molecular formula is C20H26BrNO5. The van der Waals surface area contributed by atoms with Gasteiger partial charge in [-0.05, 0) is 36.5 Å². The van der Waals surface area contributed by atoms with Crippen molar-refractivity contribution >= 4 is 33.6 Å². The summed E-state index contributed by atoms with van der Waals surface area (Å²) in [6, 6.07) is 5.13. The molecule has 2 rings (SSSR count). The molecule has 1 aromatic rings. The Labute approximate surface area is 168 Å². The van der Waals surface area contributed by atoms with Gasteiger partial charge in [-0.3, -0.25) is 14.4 Å². The van der Waals surface area contributed by atoms with Crippen molar-refractivity contribution in [2.24, 2.45) is 11.8 Å². The third-order valence-corrected chi connectivity index (χ3v) is 5.09. The van der Waals surface area contributed by atoms with Crippen LogP contribution in [-0.2, 0) is 14.3 Å². The Bertz CT molecular complexity index is 696. The number of amides is 1. The van der Waals surface area contributed by atoms with Gasteiger partial charge in [0.25, 0.3) is 5.91 Å². The van der Waals surface area contributed by atoms with Gasteiger partial charge >= 0.3 is 5.97 Å². The van der Waals surface area contributed by atoms with Crippen LogP contribution in [0.1, 0.15) is 43.5 Å². The van der Waals surface area contributed by atoms with Crippen LogP contribution in [0.3, 0.4) is 0 Å². The number of carbonyl (C=O) groups is 3. The van der Waals surface area contributed by atoms with E-state index in [0.717, 1.165) is 10.9 Å². The van der Waals surface area contributed by atoms with Crippen LogP contribution in [0.25, 0.3) is 0 Å². The molecule has 1 saturated heterocycles. The smallest absolute Gasteiger partial charge is 0.306 e. The summed E-state index contributed by atoms with van der Waals surface area (Å²) in [5.74, 6) is 0.415. The van der Waals surface area contributed by atoms with Crippen LogP contribution in [0.15, 0.2) is 22.7 Å². The minimum atomic E-state index is -0.552. The van der Waals surface area contributed by atoms with Crippen LogP contribution in [0.5, 0.6) is 5.75 Å². The Morgan fingerprint density at radius 3 is 2.44 bits per heavy atom. The third kappa shape index (κ3) is 6.34. The summed E-state index contributed by atoms with van der Waals surface area (Å²) in [6.45, 7) is 5.35. The van der Waals surface area contributed by atoms with Gasteiger partial charge in [0.15, 0.2) is 12.4 Å². The number of rotatable bonds is 7. The first-order valence-electron chi connectivity index (χ1n) is 9.10. The average molecular weight is 440 g/mol. The molecular weight excluding hydrogens is 414 g/mol. The van der Waals surface area contributed by atoms with Gasteiger partial charge in [0.05, 0.1) is 19.1 Å². The van der Waals surface area contributed by atoms with Crippen LogP contribution in [-0.4, -0.2) is 49.4 Å². The first-order chi connectivity index (χ1) is 12.8. The first kappa shape index (κ1) is 21.4. The summed E-state index contributed by atoms with van der Waals surface area (Å²) in [5.41, 5.74) is 0.409. The topological polar surface area (TPSA) is 72.9 Å².